The molecule has 126 valence electrons. The second-order valence-corrected chi connectivity index (χ2v) is 5.35. The molecule has 0 radical (unpaired) electrons. The highest BCUT2D eigenvalue weighted by molar-refractivity contribution is 5.92. The predicted octanol–water partition coefficient (Wildman–Crippen LogP) is 1.25. The molecule has 1 aliphatic rings. The smallest absolute Gasteiger partial charge is 0.271 e. The third kappa shape index (κ3) is 3.80. The summed E-state index contributed by atoms with van der Waals surface area (Å²) in [7, 11) is 1.61. The van der Waals surface area contributed by atoms with Gasteiger partial charge in [-0.2, -0.15) is 0 Å². The van der Waals surface area contributed by atoms with Gasteiger partial charge in [-0.1, -0.05) is 18.2 Å². The molecule has 1 amide bonds. The van der Waals surface area contributed by atoms with E-state index < -0.39 is 0 Å². The van der Waals surface area contributed by atoms with E-state index in [1.165, 1.54) is 6.20 Å². The number of amides is 1. The molecule has 24 heavy (non-hydrogen) atoms. The molecular formula is C17H20N4O3. The summed E-state index contributed by atoms with van der Waals surface area (Å²) in [5.41, 5.74) is 1.20. The van der Waals surface area contributed by atoms with Crippen LogP contribution < -0.4 is 15.0 Å². The van der Waals surface area contributed by atoms with Crippen molar-refractivity contribution in [2.24, 2.45) is 0 Å². The summed E-state index contributed by atoms with van der Waals surface area (Å²) in [6.07, 6.45) is 3.13. The number of benzene rings is 1. The van der Waals surface area contributed by atoms with Crippen LogP contribution in [0.2, 0.25) is 0 Å². The maximum atomic E-state index is 12.2. The Morgan fingerprint density at radius 1 is 1.25 bits per heavy atom. The molecule has 0 atom stereocenters. The predicted molar refractivity (Wildman–Crippen MR) is 89.2 cm³/mol. The first-order chi connectivity index (χ1) is 11.8. The van der Waals surface area contributed by atoms with Gasteiger partial charge in [0.1, 0.15) is 17.3 Å². The lowest BCUT2D eigenvalue weighted by Gasteiger charge is -2.27. The van der Waals surface area contributed by atoms with Gasteiger partial charge in [0.05, 0.1) is 32.7 Å². The Labute approximate surface area is 140 Å². The first kappa shape index (κ1) is 16.2. The van der Waals surface area contributed by atoms with Crippen LogP contribution in [0.3, 0.4) is 0 Å². The molecule has 0 aliphatic carbocycles. The largest absolute Gasteiger partial charge is 0.496 e. The van der Waals surface area contributed by atoms with Crippen LogP contribution in [0.1, 0.15) is 16.1 Å². The third-order valence-corrected chi connectivity index (χ3v) is 3.84. The van der Waals surface area contributed by atoms with Gasteiger partial charge in [-0.3, -0.25) is 4.79 Å². The molecule has 7 heteroatoms. The average molecular weight is 328 g/mol. The number of hydrogen-bond acceptors (Lipinski definition) is 6. The van der Waals surface area contributed by atoms with Crippen molar-refractivity contribution in [1.82, 2.24) is 15.3 Å². The van der Waals surface area contributed by atoms with Gasteiger partial charge in [0.15, 0.2) is 0 Å². The Balaban J connectivity index is 1.60. The normalized spacial score (nSPS) is 14.3. The van der Waals surface area contributed by atoms with Crippen molar-refractivity contribution in [2.75, 3.05) is 38.3 Å². The molecule has 1 aromatic carbocycles. The maximum Gasteiger partial charge on any atom is 0.271 e. The highest BCUT2D eigenvalue weighted by Gasteiger charge is 2.14. The second-order valence-electron chi connectivity index (χ2n) is 5.35. The van der Waals surface area contributed by atoms with Gasteiger partial charge in [-0.25, -0.2) is 9.97 Å². The zero-order chi connectivity index (χ0) is 16.8. The summed E-state index contributed by atoms with van der Waals surface area (Å²) in [6.45, 7) is 3.31. The number of nitrogens with one attached hydrogen (secondary N) is 1. The molecule has 1 aromatic heterocycles. The number of hydrogen-bond donors (Lipinski definition) is 1. The van der Waals surface area contributed by atoms with E-state index in [2.05, 4.69) is 20.2 Å². The fourth-order valence-corrected chi connectivity index (χ4v) is 2.51. The highest BCUT2D eigenvalue weighted by atomic mass is 16.5. The van der Waals surface area contributed by atoms with Gasteiger partial charge in [0.2, 0.25) is 0 Å². The number of carbonyl (C=O) groups excluding carboxylic acids is 1. The summed E-state index contributed by atoms with van der Waals surface area (Å²) in [6, 6.07) is 7.56. The molecule has 3 rings (SSSR count). The number of ether oxygens (including phenoxy) is 2. The molecule has 0 bridgehead atoms. The molecule has 7 nitrogen and oxygen atoms in total. The number of morpholine rings is 1. The summed E-state index contributed by atoms with van der Waals surface area (Å²) >= 11 is 0. The molecule has 1 aliphatic heterocycles. The van der Waals surface area contributed by atoms with Crippen LogP contribution >= 0.6 is 0 Å². The molecule has 2 heterocycles. The number of nitrogens with zero attached hydrogens (tertiary/aromatic N) is 3. The van der Waals surface area contributed by atoms with Crippen LogP contribution in [0.4, 0.5) is 5.82 Å². The van der Waals surface area contributed by atoms with E-state index in [0.29, 0.717) is 25.5 Å². The van der Waals surface area contributed by atoms with Crippen molar-refractivity contribution in [1.29, 1.82) is 0 Å². The van der Waals surface area contributed by atoms with Gasteiger partial charge in [-0.05, 0) is 6.07 Å². The summed E-state index contributed by atoms with van der Waals surface area (Å²) in [5.74, 6) is 1.24. The Morgan fingerprint density at radius 2 is 2.04 bits per heavy atom. The van der Waals surface area contributed by atoms with Crippen molar-refractivity contribution in [2.45, 2.75) is 6.54 Å². The first-order valence-corrected chi connectivity index (χ1v) is 7.83. The average Bonchev–Trinajstić information content (AvgIpc) is 2.67. The monoisotopic (exact) mass is 328 g/mol. The van der Waals surface area contributed by atoms with Crippen LogP contribution in [0, 0.1) is 0 Å². The summed E-state index contributed by atoms with van der Waals surface area (Å²) < 4.78 is 10.6. The van der Waals surface area contributed by atoms with E-state index in [9.17, 15) is 4.79 Å². The number of para-hydroxylation sites is 1. The van der Waals surface area contributed by atoms with Crippen LogP contribution in [0.15, 0.2) is 36.7 Å². The van der Waals surface area contributed by atoms with Crippen molar-refractivity contribution in [3.63, 3.8) is 0 Å². The minimum Gasteiger partial charge on any atom is -0.496 e. The van der Waals surface area contributed by atoms with Gasteiger partial charge < -0.3 is 19.7 Å². The number of aromatic nitrogens is 2. The molecule has 0 unspecified atom stereocenters. The van der Waals surface area contributed by atoms with Crippen LogP contribution in [-0.2, 0) is 11.3 Å². The Bertz CT molecular complexity index is 684. The lowest BCUT2D eigenvalue weighted by Crippen LogP contribution is -2.37. The quantitative estimate of drug-likeness (QED) is 0.890. The number of carbonyl (C=O) groups is 1. The van der Waals surface area contributed by atoms with Crippen molar-refractivity contribution < 1.29 is 14.3 Å². The first-order valence-electron chi connectivity index (χ1n) is 7.83. The van der Waals surface area contributed by atoms with E-state index in [1.807, 2.05) is 24.3 Å². The molecule has 1 fully saturated rings. The molecule has 1 N–H and O–H groups in total. The SMILES string of the molecule is COc1ccccc1CNC(=O)c1cnc(N2CCOCC2)cn1. The van der Waals surface area contributed by atoms with Crippen molar-refractivity contribution in [3.05, 3.63) is 47.9 Å². The second kappa shape index (κ2) is 7.74. The van der Waals surface area contributed by atoms with Crippen LogP contribution in [-0.4, -0.2) is 49.3 Å². The fraction of sp³-hybridized carbons (Fsp3) is 0.353. The third-order valence-electron chi connectivity index (χ3n) is 3.84. The van der Waals surface area contributed by atoms with Crippen molar-refractivity contribution >= 4 is 11.7 Å². The van der Waals surface area contributed by atoms with E-state index in [-0.39, 0.29) is 5.91 Å². The Hall–Kier alpha value is -2.67. The topological polar surface area (TPSA) is 76.6 Å². The van der Waals surface area contributed by atoms with Gasteiger partial charge in [0, 0.05) is 25.2 Å². The van der Waals surface area contributed by atoms with E-state index in [0.717, 1.165) is 30.2 Å². The van der Waals surface area contributed by atoms with Gasteiger partial charge in [-0.15, -0.1) is 0 Å². The lowest BCUT2D eigenvalue weighted by atomic mass is 10.2. The molecule has 2 aromatic rings. The van der Waals surface area contributed by atoms with E-state index >= 15 is 0 Å². The minimum absolute atomic E-state index is 0.262. The van der Waals surface area contributed by atoms with Gasteiger partial charge >= 0.3 is 0 Å². The van der Waals surface area contributed by atoms with Crippen molar-refractivity contribution in [3.8, 4) is 5.75 Å². The van der Waals surface area contributed by atoms with Crippen LogP contribution in [0.25, 0.3) is 0 Å². The maximum absolute atomic E-state index is 12.2. The number of anilines is 1. The highest BCUT2D eigenvalue weighted by Crippen LogP contribution is 2.17. The number of methoxy groups -OCH3 is 1. The fourth-order valence-electron chi connectivity index (χ4n) is 2.51. The van der Waals surface area contributed by atoms with Crippen LogP contribution in [0.5, 0.6) is 5.75 Å². The standard InChI is InChI=1S/C17H20N4O3/c1-23-15-5-3-2-4-13(15)10-20-17(22)14-11-19-16(12-18-14)21-6-8-24-9-7-21/h2-5,11-12H,6-10H2,1H3,(H,20,22). The Kier molecular flexibility index (Phi) is 5.22. The Morgan fingerprint density at radius 3 is 2.75 bits per heavy atom. The van der Waals surface area contributed by atoms with E-state index in [4.69, 9.17) is 9.47 Å². The minimum atomic E-state index is -0.262. The zero-order valence-corrected chi connectivity index (χ0v) is 13.6. The van der Waals surface area contributed by atoms with Gasteiger partial charge in [0.25, 0.3) is 5.91 Å². The molecule has 0 saturated carbocycles. The molecule has 1 saturated heterocycles. The lowest BCUT2D eigenvalue weighted by molar-refractivity contribution is 0.0945. The summed E-state index contributed by atoms with van der Waals surface area (Å²) in [5, 5.41) is 2.83. The summed E-state index contributed by atoms with van der Waals surface area (Å²) in [4.78, 5) is 22.9. The number of rotatable bonds is 5. The van der Waals surface area contributed by atoms with E-state index in [1.54, 1.807) is 13.3 Å². The molecular weight excluding hydrogens is 308 g/mol. The molecule has 0 spiro atoms. The zero-order valence-electron chi connectivity index (χ0n) is 13.6.